The molecule has 0 N–H and O–H groups in total. The van der Waals surface area contributed by atoms with Gasteiger partial charge in [-0.05, 0) is 122 Å². The lowest BCUT2D eigenvalue weighted by atomic mass is 10.0. The fraction of sp³-hybridized carbons (Fsp3) is 0.693. The number of allylic oxidation sites excluding steroid dienone is 20. The Bertz CT molecular complexity index is 1670. The summed E-state index contributed by atoms with van der Waals surface area (Å²) in [6.45, 7) is 6.31. The van der Waals surface area contributed by atoms with Crippen LogP contribution in [0.15, 0.2) is 122 Å². The molecule has 6 heteroatoms. The summed E-state index contributed by atoms with van der Waals surface area (Å²) in [6.07, 6.45) is 95.1. The van der Waals surface area contributed by atoms with Gasteiger partial charge in [0.25, 0.3) is 0 Å². The van der Waals surface area contributed by atoms with E-state index in [1.165, 1.54) is 128 Å². The Hall–Kier alpha value is -4.19. The molecule has 0 aliphatic carbocycles. The van der Waals surface area contributed by atoms with E-state index in [9.17, 15) is 14.4 Å². The number of ether oxygens (including phenoxy) is 3. The fourth-order valence-corrected chi connectivity index (χ4v) is 9.46. The number of esters is 3. The minimum absolute atomic E-state index is 0.0873. The van der Waals surface area contributed by atoms with Gasteiger partial charge in [0.15, 0.2) is 6.10 Å². The molecule has 1 atom stereocenters. The van der Waals surface area contributed by atoms with Crippen LogP contribution in [0.1, 0.15) is 316 Å². The summed E-state index contributed by atoms with van der Waals surface area (Å²) in [5.74, 6) is -0.905. The van der Waals surface area contributed by atoms with Crippen molar-refractivity contribution in [1.82, 2.24) is 0 Å². The van der Waals surface area contributed by atoms with Crippen molar-refractivity contribution in [3.63, 3.8) is 0 Å². The Morgan fingerprint density at radius 3 is 0.691 bits per heavy atom. The minimum Gasteiger partial charge on any atom is -0.462 e. The van der Waals surface area contributed by atoms with Gasteiger partial charge in [-0.2, -0.15) is 0 Å². The van der Waals surface area contributed by atoms with Gasteiger partial charge < -0.3 is 14.2 Å². The van der Waals surface area contributed by atoms with Crippen molar-refractivity contribution >= 4 is 17.9 Å². The van der Waals surface area contributed by atoms with Gasteiger partial charge in [-0.1, -0.05) is 296 Å². The number of hydrogen-bond acceptors (Lipinski definition) is 6. The predicted octanol–water partition coefficient (Wildman–Crippen LogP) is 23.6. The lowest BCUT2D eigenvalue weighted by Gasteiger charge is -2.18. The highest BCUT2D eigenvalue weighted by Crippen LogP contribution is 2.17. The summed E-state index contributed by atoms with van der Waals surface area (Å²) >= 11 is 0. The molecule has 1 unspecified atom stereocenters. The van der Waals surface area contributed by atoms with Crippen molar-refractivity contribution in [2.24, 2.45) is 0 Å². The zero-order valence-electron chi connectivity index (χ0n) is 53.0. The molecule has 0 heterocycles. The van der Waals surface area contributed by atoms with Gasteiger partial charge >= 0.3 is 17.9 Å². The quantitative estimate of drug-likeness (QED) is 0.0261. The first-order chi connectivity index (χ1) is 40.0. The summed E-state index contributed by atoms with van der Waals surface area (Å²) < 4.78 is 16.9. The number of carbonyl (C=O) groups excluding carboxylic acids is 3. The van der Waals surface area contributed by atoms with Crippen LogP contribution in [0.5, 0.6) is 0 Å². The van der Waals surface area contributed by atoms with E-state index in [0.717, 1.165) is 148 Å². The van der Waals surface area contributed by atoms with Crippen LogP contribution in [0.3, 0.4) is 0 Å². The van der Waals surface area contributed by atoms with E-state index in [1.807, 2.05) is 0 Å². The number of unbranched alkanes of at least 4 members (excludes halogenated alkanes) is 30. The van der Waals surface area contributed by atoms with Crippen LogP contribution in [0.4, 0.5) is 0 Å². The van der Waals surface area contributed by atoms with Crippen molar-refractivity contribution in [3.8, 4) is 0 Å². The van der Waals surface area contributed by atoms with Crippen LogP contribution in [0, 0.1) is 0 Å². The molecular weight excluding hydrogens is 997 g/mol. The third-order valence-corrected chi connectivity index (χ3v) is 14.4. The van der Waals surface area contributed by atoms with E-state index in [0.29, 0.717) is 19.3 Å². The van der Waals surface area contributed by atoms with Gasteiger partial charge in [0, 0.05) is 19.3 Å². The van der Waals surface area contributed by atoms with E-state index < -0.39 is 6.10 Å². The van der Waals surface area contributed by atoms with Crippen molar-refractivity contribution in [1.29, 1.82) is 0 Å². The number of hydrogen-bond donors (Lipinski definition) is 0. The fourth-order valence-electron chi connectivity index (χ4n) is 9.46. The van der Waals surface area contributed by atoms with Gasteiger partial charge in [0.1, 0.15) is 13.2 Å². The van der Waals surface area contributed by atoms with Crippen LogP contribution >= 0.6 is 0 Å². The predicted molar refractivity (Wildman–Crippen MR) is 353 cm³/mol. The Morgan fingerprint density at radius 2 is 0.444 bits per heavy atom. The monoisotopic (exact) mass is 1120 g/mol. The van der Waals surface area contributed by atoms with E-state index in [4.69, 9.17) is 14.2 Å². The van der Waals surface area contributed by atoms with Crippen LogP contribution in [-0.4, -0.2) is 37.2 Å². The third-order valence-electron chi connectivity index (χ3n) is 14.4. The average molecular weight is 1120 g/mol. The molecule has 0 aliphatic heterocycles. The maximum atomic E-state index is 12.9. The van der Waals surface area contributed by atoms with Gasteiger partial charge in [-0.25, -0.2) is 0 Å². The normalized spacial score (nSPS) is 12.9. The van der Waals surface area contributed by atoms with Crippen molar-refractivity contribution in [3.05, 3.63) is 122 Å². The molecule has 81 heavy (non-hydrogen) atoms. The first-order valence-corrected chi connectivity index (χ1v) is 34.0. The molecule has 0 aromatic rings. The molecule has 0 rings (SSSR count). The van der Waals surface area contributed by atoms with E-state index in [1.54, 1.807) is 0 Å². The third kappa shape index (κ3) is 66.5. The summed E-state index contributed by atoms with van der Waals surface area (Å²) in [7, 11) is 0. The highest BCUT2D eigenvalue weighted by Gasteiger charge is 2.19. The summed E-state index contributed by atoms with van der Waals surface area (Å²) in [6, 6.07) is 0. The minimum atomic E-state index is -0.793. The van der Waals surface area contributed by atoms with Crippen molar-refractivity contribution < 1.29 is 28.6 Å². The van der Waals surface area contributed by atoms with Gasteiger partial charge in [0.05, 0.1) is 0 Å². The standard InChI is InChI=1S/C75H126O6/c1-4-7-10-13-16-19-22-25-28-30-31-32-33-34-35-36-37-38-39-40-41-42-43-45-47-50-53-56-59-62-65-68-74(77)80-71-72(70-79-73(76)67-64-61-58-55-52-49-46-27-24-21-18-15-12-9-6-3)81-75(78)69-66-63-60-57-54-51-48-44-29-26-23-20-17-14-11-8-5-2/h7-12,16-21,25-29,31-32,46,72H,4-6,13-15,22-24,30,33-45,47-71H2,1-3H3/b10-7-,11-8-,12-9-,19-16-,20-17-,21-18-,28-25-,29-26-,32-31-,46-27-. The zero-order chi connectivity index (χ0) is 58.5. The summed E-state index contributed by atoms with van der Waals surface area (Å²) in [5, 5.41) is 0. The Balaban J connectivity index is 4.24. The Kier molecular flexibility index (Phi) is 64.8. The molecule has 0 radical (unpaired) electrons. The SMILES string of the molecule is CC/C=C\C/C=C\C/C=C\C/C=C\CCCCCCCCCCCCCCCCCCCCC(=O)OCC(COC(=O)CCCCCCC/C=C\C/C=C\C/C=C\CC)OC(=O)CCCCCCCCC/C=C\C/C=C\C/C=C\CC. The zero-order valence-corrected chi connectivity index (χ0v) is 53.0. The van der Waals surface area contributed by atoms with Gasteiger partial charge in [-0.15, -0.1) is 0 Å². The molecule has 0 aliphatic rings. The van der Waals surface area contributed by atoms with Crippen LogP contribution in [0.25, 0.3) is 0 Å². The molecule has 0 aromatic carbocycles. The Morgan fingerprint density at radius 1 is 0.247 bits per heavy atom. The Labute approximate surface area is 501 Å². The molecule has 0 saturated heterocycles. The molecule has 0 fully saturated rings. The van der Waals surface area contributed by atoms with Gasteiger partial charge in [-0.3, -0.25) is 14.4 Å². The smallest absolute Gasteiger partial charge is 0.306 e. The van der Waals surface area contributed by atoms with Crippen LogP contribution in [0.2, 0.25) is 0 Å². The molecule has 0 saturated carbocycles. The molecular formula is C75H126O6. The van der Waals surface area contributed by atoms with Gasteiger partial charge in [0.2, 0.25) is 0 Å². The van der Waals surface area contributed by atoms with E-state index >= 15 is 0 Å². The number of rotatable bonds is 61. The van der Waals surface area contributed by atoms with Crippen LogP contribution < -0.4 is 0 Å². The van der Waals surface area contributed by atoms with E-state index in [-0.39, 0.29) is 31.1 Å². The molecule has 0 bridgehead atoms. The first-order valence-electron chi connectivity index (χ1n) is 34.0. The lowest BCUT2D eigenvalue weighted by molar-refractivity contribution is -0.167. The van der Waals surface area contributed by atoms with E-state index in [2.05, 4.69) is 142 Å². The summed E-state index contributed by atoms with van der Waals surface area (Å²) in [4.78, 5) is 38.4. The average Bonchev–Trinajstić information content (AvgIpc) is 3.47. The van der Waals surface area contributed by atoms with Crippen molar-refractivity contribution in [2.45, 2.75) is 322 Å². The molecule has 0 aromatic heterocycles. The second kappa shape index (κ2) is 68.3. The largest absolute Gasteiger partial charge is 0.462 e. The van der Waals surface area contributed by atoms with Crippen molar-refractivity contribution in [2.75, 3.05) is 13.2 Å². The molecule has 0 spiro atoms. The lowest BCUT2D eigenvalue weighted by Crippen LogP contribution is -2.30. The first kappa shape index (κ1) is 76.8. The summed E-state index contributed by atoms with van der Waals surface area (Å²) in [5.41, 5.74) is 0. The second-order valence-electron chi connectivity index (χ2n) is 22.3. The van der Waals surface area contributed by atoms with Crippen LogP contribution in [-0.2, 0) is 28.6 Å². The maximum absolute atomic E-state index is 12.9. The molecule has 6 nitrogen and oxygen atoms in total. The molecule has 0 amide bonds. The highest BCUT2D eigenvalue weighted by molar-refractivity contribution is 5.71. The molecule has 462 valence electrons. The topological polar surface area (TPSA) is 78.9 Å². The highest BCUT2D eigenvalue weighted by atomic mass is 16.6. The maximum Gasteiger partial charge on any atom is 0.306 e. The second-order valence-corrected chi connectivity index (χ2v) is 22.3. The number of carbonyl (C=O) groups is 3.